The van der Waals surface area contributed by atoms with E-state index in [2.05, 4.69) is 20.3 Å². The van der Waals surface area contributed by atoms with Gasteiger partial charge in [-0.25, -0.2) is 32.9 Å². The van der Waals surface area contributed by atoms with Gasteiger partial charge in [-0.05, 0) is 12.1 Å². The third kappa shape index (κ3) is 3.39. The highest BCUT2D eigenvalue weighted by molar-refractivity contribution is 7.90. The van der Waals surface area contributed by atoms with Crippen LogP contribution in [0.3, 0.4) is 0 Å². The van der Waals surface area contributed by atoms with Gasteiger partial charge in [0.1, 0.15) is 17.6 Å². The summed E-state index contributed by atoms with van der Waals surface area (Å²) in [7, 11) is -4.08. The molecule has 1 heterocycles. The second-order valence-corrected chi connectivity index (χ2v) is 5.51. The van der Waals surface area contributed by atoms with Crippen LogP contribution in [0.15, 0.2) is 41.8 Å². The molecular formula is C10H8ClN5O3S. The number of amides is 2. The zero-order valence-electron chi connectivity index (χ0n) is 9.82. The molecule has 1 aromatic carbocycles. The number of anilines is 1. The van der Waals surface area contributed by atoms with Gasteiger partial charge in [-0.15, -0.1) is 0 Å². The summed E-state index contributed by atoms with van der Waals surface area (Å²) in [4.78, 5) is 22.2. The summed E-state index contributed by atoms with van der Waals surface area (Å²) in [6.07, 6.45) is 2.32. The molecule has 0 spiro atoms. The Morgan fingerprint density at radius 2 is 1.80 bits per heavy atom. The van der Waals surface area contributed by atoms with Gasteiger partial charge in [-0.3, -0.25) is 5.32 Å². The smallest absolute Gasteiger partial charge is 0.275 e. The molecule has 2 amide bonds. The predicted molar refractivity (Wildman–Crippen MR) is 70.6 cm³/mol. The Bertz CT molecular complexity index is 723. The Hall–Kier alpha value is -2.26. The maximum atomic E-state index is 11.9. The van der Waals surface area contributed by atoms with Crippen molar-refractivity contribution in [1.82, 2.24) is 19.7 Å². The Morgan fingerprint density at radius 3 is 2.45 bits per heavy atom. The van der Waals surface area contributed by atoms with E-state index in [0.29, 0.717) is 0 Å². The van der Waals surface area contributed by atoms with Gasteiger partial charge in [0.05, 0.1) is 5.02 Å². The summed E-state index contributed by atoms with van der Waals surface area (Å²) in [6, 6.07) is 4.74. The molecule has 1 aromatic heterocycles. The highest BCUT2D eigenvalue weighted by Gasteiger charge is 2.20. The summed E-state index contributed by atoms with van der Waals surface area (Å²) in [5.41, 5.74) is 0. The summed E-state index contributed by atoms with van der Waals surface area (Å²) >= 11 is 5.77. The van der Waals surface area contributed by atoms with Crippen molar-refractivity contribution >= 4 is 33.6 Å². The number of nitrogens with zero attached hydrogens (tertiary/aromatic N) is 3. The minimum atomic E-state index is -4.08. The standard InChI is InChI=1S/C10H8ClN5O3S/c11-7-3-1-2-4-8(7)20(18,19)16-10(17)15-9-13-5-12-6-14-9/h1-6H,(H2,12,13,14,15,16,17). The van der Waals surface area contributed by atoms with Crippen LogP contribution in [0.1, 0.15) is 0 Å². The fourth-order valence-corrected chi connectivity index (χ4v) is 2.70. The van der Waals surface area contributed by atoms with Crippen LogP contribution in [0, 0.1) is 0 Å². The van der Waals surface area contributed by atoms with Crippen molar-refractivity contribution in [2.45, 2.75) is 4.90 Å². The van der Waals surface area contributed by atoms with Crippen LogP contribution < -0.4 is 10.0 Å². The van der Waals surface area contributed by atoms with Crippen molar-refractivity contribution in [3.8, 4) is 0 Å². The maximum absolute atomic E-state index is 11.9. The lowest BCUT2D eigenvalue weighted by molar-refractivity contribution is 0.256. The molecule has 0 saturated heterocycles. The van der Waals surface area contributed by atoms with E-state index in [0.717, 1.165) is 12.7 Å². The zero-order chi connectivity index (χ0) is 14.6. The van der Waals surface area contributed by atoms with Gasteiger partial charge in [-0.1, -0.05) is 23.7 Å². The molecule has 0 aliphatic rings. The maximum Gasteiger partial charge on any atom is 0.335 e. The summed E-state index contributed by atoms with van der Waals surface area (Å²) < 4.78 is 25.7. The lowest BCUT2D eigenvalue weighted by Gasteiger charge is -2.08. The van der Waals surface area contributed by atoms with Crippen LogP contribution in [0.25, 0.3) is 0 Å². The van der Waals surface area contributed by atoms with Crippen molar-refractivity contribution in [3.63, 3.8) is 0 Å². The number of urea groups is 1. The number of hydrogen-bond donors (Lipinski definition) is 2. The third-order valence-corrected chi connectivity index (χ3v) is 3.90. The lowest BCUT2D eigenvalue weighted by atomic mass is 10.4. The molecule has 10 heteroatoms. The first kappa shape index (κ1) is 14.2. The van der Waals surface area contributed by atoms with Crippen LogP contribution in [0.4, 0.5) is 10.7 Å². The molecule has 0 atom stereocenters. The quantitative estimate of drug-likeness (QED) is 0.875. The van der Waals surface area contributed by atoms with Crippen molar-refractivity contribution < 1.29 is 13.2 Å². The van der Waals surface area contributed by atoms with Crippen molar-refractivity contribution in [3.05, 3.63) is 41.9 Å². The average molecular weight is 314 g/mol. The van der Waals surface area contributed by atoms with Gasteiger partial charge >= 0.3 is 6.03 Å². The number of sulfonamides is 1. The molecule has 2 rings (SSSR count). The van der Waals surface area contributed by atoms with Crippen molar-refractivity contribution in [2.75, 3.05) is 5.32 Å². The van der Waals surface area contributed by atoms with E-state index in [9.17, 15) is 13.2 Å². The molecule has 104 valence electrons. The molecule has 2 N–H and O–H groups in total. The largest absolute Gasteiger partial charge is 0.335 e. The van der Waals surface area contributed by atoms with Gasteiger partial charge in [0.2, 0.25) is 5.95 Å². The molecule has 0 unspecified atom stereocenters. The molecule has 0 bridgehead atoms. The first-order chi connectivity index (χ1) is 9.49. The monoisotopic (exact) mass is 313 g/mol. The second kappa shape index (κ2) is 5.80. The van der Waals surface area contributed by atoms with Gasteiger partial charge in [0, 0.05) is 0 Å². The van der Waals surface area contributed by atoms with Crippen LogP contribution in [-0.2, 0) is 10.0 Å². The van der Waals surface area contributed by atoms with Crippen LogP contribution >= 0.6 is 11.6 Å². The number of benzene rings is 1. The Labute approximate surface area is 119 Å². The molecule has 2 aromatic rings. The fraction of sp³-hybridized carbons (Fsp3) is 0. The molecular weight excluding hydrogens is 306 g/mol. The highest BCUT2D eigenvalue weighted by atomic mass is 35.5. The molecule has 0 fully saturated rings. The minimum Gasteiger partial charge on any atom is -0.275 e. The number of rotatable bonds is 3. The third-order valence-electron chi connectivity index (χ3n) is 2.07. The molecule has 0 aliphatic carbocycles. The summed E-state index contributed by atoms with van der Waals surface area (Å²) in [5, 5.41) is 2.16. The van der Waals surface area contributed by atoms with E-state index in [1.54, 1.807) is 10.8 Å². The minimum absolute atomic E-state index is 0.00737. The molecule has 0 radical (unpaired) electrons. The average Bonchev–Trinajstić information content (AvgIpc) is 2.39. The lowest BCUT2D eigenvalue weighted by Crippen LogP contribution is -2.35. The number of halogens is 1. The molecule has 0 saturated carbocycles. The van der Waals surface area contributed by atoms with E-state index < -0.39 is 16.1 Å². The van der Waals surface area contributed by atoms with Gasteiger partial charge in [0.25, 0.3) is 10.0 Å². The van der Waals surface area contributed by atoms with E-state index in [1.165, 1.54) is 18.2 Å². The Morgan fingerprint density at radius 1 is 1.15 bits per heavy atom. The molecule has 8 nitrogen and oxygen atoms in total. The van der Waals surface area contributed by atoms with Gasteiger partial charge in [-0.2, -0.15) is 0 Å². The fourth-order valence-electron chi connectivity index (χ4n) is 1.27. The van der Waals surface area contributed by atoms with E-state index in [4.69, 9.17) is 11.6 Å². The van der Waals surface area contributed by atoms with Crippen molar-refractivity contribution in [2.24, 2.45) is 0 Å². The summed E-state index contributed by atoms with van der Waals surface area (Å²) in [6.45, 7) is 0. The molecule has 20 heavy (non-hydrogen) atoms. The number of aromatic nitrogens is 3. The predicted octanol–water partition coefficient (Wildman–Crippen LogP) is 1.04. The number of hydrogen-bond acceptors (Lipinski definition) is 6. The Balaban J connectivity index is 2.13. The topological polar surface area (TPSA) is 114 Å². The molecule has 0 aliphatic heterocycles. The zero-order valence-corrected chi connectivity index (χ0v) is 11.4. The normalized spacial score (nSPS) is 10.8. The highest BCUT2D eigenvalue weighted by Crippen LogP contribution is 2.19. The van der Waals surface area contributed by atoms with Crippen LogP contribution in [0.2, 0.25) is 5.02 Å². The number of carbonyl (C=O) groups excluding carboxylic acids is 1. The second-order valence-electron chi connectivity index (χ2n) is 3.45. The summed E-state index contributed by atoms with van der Waals surface area (Å²) in [5.74, 6) is -0.0770. The van der Waals surface area contributed by atoms with Gasteiger partial charge < -0.3 is 0 Å². The number of carbonyl (C=O) groups is 1. The van der Waals surface area contributed by atoms with Crippen molar-refractivity contribution in [1.29, 1.82) is 0 Å². The van der Waals surface area contributed by atoms with E-state index in [1.807, 2.05) is 0 Å². The first-order valence-electron chi connectivity index (χ1n) is 5.19. The van der Waals surface area contributed by atoms with Crippen LogP contribution in [0.5, 0.6) is 0 Å². The van der Waals surface area contributed by atoms with Crippen LogP contribution in [-0.4, -0.2) is 29.4 Å². The SMILES string of the molecule is O=C(Nc1ncncn1)NS(=O)(=O)c1ccccc1Cl. The van der Waals surface area contributed by atoms with E-state index >= 15 is 0 Å². The van der Waals surface area contributed by atoms with Gasteiger partial charge in [0.15, 0.2) is 0 Å². The number of nitrogens with one attached hydrogen (secondary N) is 2. The first-order valence-corrected chi connectivity index (χ1v) is 7.05. The van der Waals surface area contributed by atoms with E-state index in [-0.39, 0.29) is 15.9 Å². The Kier molecular flexibility index (Phi) is 4.11.